The molecule has 0 aromatic heterocycles. The summed E-state index contributed by atoms with van der Waals surface area (Å²) in [5.74, 6) is -0.462. The standard InChI is InChI=1S/C12H16ClFN2O.ClH/c1-15-6-2-3-12(17)16-8-9-4-5-11(14)10(13)7-9;/h4-5,7,15H,2-3,6,8H2,1H3,(H,16,17);1H. The SMILES string of the molecule is CNCCCC(=O)NCc1ccc(F)c(Cl)c1.Cl. The van der Waals surface area contributed by atoms with Crippen molar-refractivity contribution in [3.8, 4) is 0 Å². The fourth-order valence-electron chi connectivity index (χ4n) is 1.36. The zero-order valence-electron chi connectivity index (χ0n) is 10.1. The van der Waals surface area contributed by atoms with E-state index < -0.39 is 5.82 Å². The lowest BCUT2D eigenvalue weighted by atomic mass is 10.2. The summed E-state index contributed by atoms with van der Waals surface area (Å²) < 4.78 is 12.9. The molecule has 0 aliphatic carbocycles. The van der Waals surface area contributed by atoms with Gasteiger partial charge in [0.2, 0.25) is 5.91 Å². The van der Waals surface area contributed by atoms with E-state index in [1.165, 1.54) is 12.1 Å². The zero-order valence-corrected chi connectivity index (χ0v) is 11.7. The highest BCUT2D eigenvalue weighted by atomic mass is 35.5. The van der Waals surface area contributed by atoms with E-state index in [4.69, 9.17) is 11.6 Å². The Bertz CT molecular complexity index is 388. The number of carbonyl (C=O) groups excluding carboxylic acids is 1. The van der Waals surface area contributed by atoms with Crippen LogP contribution in [0.4, 0.5) is 4.39 Å². The monoisotopic (exact) mass is 294 g/mol. The van der Waals surface area contributed by atoms with Crippen molar-refractivity contribution < 1.29 is 9.18 Å². The summed E-state index contributed by atoms with van der Waals surface area (Å²) >= 11 is 5.64. The molecule has 0 saturated heterocycles. The molecule has 0 atom stereocenters. The Balaban J connectivity index is 0.00000289. The molecule has 1 aromatic rings. The molecule has 0 radical (unpaired) electrons. The molecule has 0 spiro atoms. The Labute approximate surface area is 118 Å². The van der Waals surface area contributed by atoms with Gasteiger partial charge in [-0.25, -0.2) is 4.39 Å². The first-order chi connectivity index (χ1) is 8.13. The highest BCUT2D eigenvalue weighted by Crippen LogP contribution is 2.15. The quantitative estimate of drug-likeness (QED) is 0.792. The fourth-order valence-corrected chi connectivity index (χ4v) is 1.57. The van der Waals surface area contributed by atoms with Gasteiger partial charge < -0.3 is 10.6 Å². The van der Waals surface area contributed by atoms with Crippen molar-refractivity contribution in [2.75, 3.05) is 13.6 Å². The second-order valence-corrected chi connectivity index (χ2v) is 4.14. The number of benzene rings is 1. The summed E-state index contributed by atoms with van der Waals surface area (Å²) in [6, 6.07) is 4.42. The molecule has 0 fully saturated rings. The molecule has 1 aromatic carbocycles. The van der Waals surface area contributed by atoms with Crippen LogP contribution in [0.3, 0.4) is 0 Å². The van der Waals surface area contributed by atoms with Crippen molar-refractivity contribution in [2.24, 2.45) is 0 Å². The van der Waals surface area contributed by atoms with Gasteiger partial charge in [-0.15, -0.1) is 12.4 Å². The maximum absolute atomic E-state index is 12.9. The summed E-state index contributed by atoms with van der Waals surface area (Å²) in [4.78, 5) is 11.4. The van der Waals surface area contributed by atoms with Crippen LogP contribution in [0.25, 0.3) is 0 Å². The van der Waals surface area contributed by atoms with E-state index in [0.29, 0.717) is 13.0 Å². The summed E-state index contributed by atoms with van der Waals surface area (Å²) in [5, 5.41) is 5.80. The van der Waals surface area contributed by atoms with E-state index in [-0.39, 0.29) is 23.3 Å². The van der Waals surface area contributed by atoms with Crippen LogP contribution in [0.1, 0.15) is 18.4 Å². The third-order valence-electron chi connectivity index (χ3n) is 2.30. The summed E-state index contributed by atoms with van der Waals surface area (Å²) in [6.45, 7) is 1.19. The summed E-state index contributed by atoms with van der Waals surface area (Å²) in [6.07, 6.45) is 1.28. The highest BCUT2D eigenvalue weighted by Gasteiger charge is 2.03. The molecule has 3 nitrogen and oxygen atoms in total. The van der Waals surface area contributed by atoms with E-state index in [9.17, 15) is 9.18 Å². The molecule has 6 heteroatoms. The second kappa shape index (κ2) is 9.14. The Morgan fingerprint density at radius 3 is 2.78 bits per heavy atom. The predicted octanol–water partition coefficient (Wildman–Crippen LogP) is 2.52. The molecule has 1 rings (SSSR count). The zero-order chi connectivity index (χ0) is 12.7. The molecule has 0 aliphatic rings. The molecular formula is C12H17Cl2FN2O. The van der Waals surface area contributed by atoms with Crippen LogP contribution in [0.15, 0.2) is 18.2 Å². The van der Waals surface area contributed by atoms with Crippen molar-refractivity contribution in [1.29, 1.82) is 0 Å². The van der Waals surface area contributed by atoms with Crippen LogP contribution < -0.4 is 10.6 Å². The van der Waals surface area contributed by atoms with Crippen molar-refractivity contribution in [3.63, 3.8) is 0 Å². The van der Waals surface area contributed by atoms with Gasteiger partial charge in [0.05, 0.1) is 5.02 Å². The van der Waals surface area contributed by atoms with Gasteiger partial charge in [0.25, 0.3) is 0 Å². The Morgan fingerprint density at radius 2 is 2.17 bits per heavy atom. The van der Waals surface area contributed by atoms with Crippen molar-refractivity contribution in [3.05, 3.63) is 34.6 Å². The van der Waals surface area contributed by atoms with Crippen LogP contribution in [0.5, 0.6) is 0 Å². The normalized spacial score (nSPS) is 9.72. The molecule has 0 heterocycles. The summed E-state index contributed by atoms with van der Waals surface area (Å²) in [7, 11) is 1.85. The van der Waals surface area contributed by atoms with Gasteiger partial charge in [0.1, 0.15) is 5.82 Å². The molecular weight excluding hydrogens is 278 g/mol. The van der Waals surface area contributed by atoms with Gasteiger partial charge in [-0.2, -0.15) is 0 Å². The van der Waals surface area contributed by atoms with Crippen molar-refractivity contribution >= 4 is 29.9 Å². The third kappa shape index (κ3) is 6.19. The molecule has 0 bridgehead atoms. The molecule has 0 aliphatic heterocycles. The van der Waals surface area contributed by atoms with E-state index in [1.807, 2.05) is 7.05 Å². The molecule has 0 unspecified atom stereocenters. The third-order valence-corrected chi connectivity index (χ3v) is 2.59. The number of nitrogens with one attached hydrogen (secondary N) is 2. The number of halogens is 3. The van der Waals surface area contributed by atoms with Crippen LogP contribution in [0.2, 0.25) is 5.02 Å². The first-order valence-corrected chi connectivity index (χ1v) is 5.86. The van der Waals surface area contributed by atoms with E-state index in [1.54, 1.807) is 6.07 Å². The van der Waals surface area contributed by atoms with Gasteiger partial charge in [0, 0.05) is 13.0 Å². The van der Waals surface area contributed by atoms with Gasteiger partial charge in [0.15, 0.2) is 0 Å². The maximum atomic E-state index is 12.9. The van der Waals surface area contributed by atoms with Crippen LogP contribution in [0, 0.1) is 5.82 Å². The Kier molecular flexibility index (Phi) is 8.71. The lowest BCUT2D eigenvalue weighted by Gasteiger charge is -2.06. The highest BCUT2D eigenvalue weighted by molar-refractivity contribution is 6.30. The molecule has 18 heavy (non-hydrogen) atoms. The lowest BCUT2D eigenvalue weighted by Crippen LogP contribution is -2.23. The maximum Gasteiger partial charge on any atom is 0.220 e. The molecule has 102 valence electrons. The molecule has 0 saturated carbocycles. The van der Waals surface area contributed by atoms with E-state index in [0.717, 1.165) is 18.5 Å². The molecule has 2 N–H and O–H groups in total. The van der Waals surface area contributed by atoms with Gasteiger partial charge in [-0.3, -0.25) is 4.79 Å². The number of carbonyl (C=O) groups is 1. The Morgan fingerprint density at radius 1 is 1.44 bits per heavy atom. The number of amides is 1. The van der Waals surface area contributed by atoms with Gasteiger partial charge in [-0.05, 0) is 37.7 Å². The van der Waals surface area contributed by atoms with Gasteiger partial charge in [-0.1, -0.05) is 17.7 Å². The number of hydrogen-bond acceptors (Lipinski definition) is 2. The minimum absolute atomic E-state index is 0. The average Bonchev–Trinajstić information content (AvgIpc) is 2.31. The predicted molar refractivity (Wildman–Crippen MR) is 73.7 cm³/mol. The Hall–Kier alpha value is -0.840. The number of rotatable bonds is 6. The fraction of sp³-hybridized carbons (Fsp3) is 0.417. The first kappa shape index (κ1) is 17.2. The van der Waals surface area contributed by atoms with Crippen LogP contribution in [-0.4, -0.2) is 19.5 Å². The average molecular weight is 295 g/mol. The molecule has 1 amide bonds. The van der Waals surface area contributed by atoms with Crippen LogP contribution in [-0.2, 0) is 11.3 Å². The van der Waals surface area contributed by atoms with Crippen molar-refractivity contribution in [2.45, 2.75) is 19.4 Å². The minimum atomic E-state index is -0.448. The smallest absolute Gasteiger partial charge is 0.220 e. The lowest BCUT2D eigenvalue weighted by molar-refractivity contribution is -0.121. The summed E-state index contributed by atoms with van der Waals surface area (Å²) in [5.41, 5.74) is 0.790. The largest absolute Gasteiger partial charge is 0.352 e. The minimum Gasteiger partial charge on any atom is -0.352 e. The van der Waals surface area contributed by atoms with E-state index in [2.05, 4.69) is 10.6 Å². The van der Waals surface area contributed by atoms with Crippen molar-refractivity contribution in [1.82, 2.24) is 10.6 Å². The van der Waals surface area contributed by atoms with E-state index >= 15 is 0 Å². The first-order valence-electron chi connectivity index (χ1n) is 5.48. The van der Waals surface area contributed by atoms with Gasteiger partial charge >= 0.3 is 0 Å². The topological polar surface area (TPSA) is 41.1 Å². The number of hydrogen-bond donors (Lipinski definition) is 2. The van der Waals surface area contributed by atoms with Crippen LogP contribution >= 0.6 is 24.0 Å². The second-order valence-electron chi connectivity index (χ2n) is 3.73.